The van der Waals surface area contributed by atoms with Gasteiger partial charge in [-0.3, -0.25) is 0 Å². The second-order valence-electron chi connectivity index (χ2n) is 4.79. The minimum absolute atomic E-state index is 0.139. The van der Waals surface area contributed by atoms with Crippen LogP contribution in [0.1, 0.15) is 41.5 Å². The summed E-state index contributed by atoms with van der Waals surface area (Å²) in [5, 5.41) is 0. The molecule has 0 aliphatic carbocycles. The second-order valence-corrected chi connectivity index (χ2v) is 4.79. The Balaban J connectivity index is 4.19. The van der Waals surface area contributed by atoms with E-state index in [1.807, 2.05) is 21.1 Å². The molecule has 0 atom stereocenters. The number of carbonyl (C=O) groups excluding carboxylic acids is 1. The van der Waals surface area contributed by atoms with Gasteiger partial charge >= 0.3 is 0 Å². The van der Waals surface area contributed by atoms with Gasteiger partial charge in [-0.2, -0.15) is 0 Å². The van der Waals surface area contributed by atoms with Crippen LogP contribution in [0.3, 0.4) is 0 Å². The van der Waals surface area contributed by atoms with Gasteiger partial charge in [-0.05, 0) is 0 Å². The average molecular weight is 181 g/mol. The number of carbonyl (C=O) groups is 1. The van der Waals surface area contributed by atoms with Gasteiger partial charge in [0.1, 0.15) is 0 Å². The van der Waals surface area contributed by atoms with E-state index in [4.69, 9.17) is 0 Å². The summed E-state index contributed by atoms with van der Waals surface area (Å²) >= 11 is 0. The minimum Gasteiger partial charge on any atom is -0.312 e. The number of hydrogen-bond acceptors (Lipinski definition) is 1. The quantitative estimate of drug-likeness (QED) is 0.596. The van der Waals surface area contributed by atoms with Crippen LogP contribution in [0.2, 0.25) is 5.82 Å². The van der Waals surface area contributed by atoms with Crippen LogP contribution in [-0.2, 0) is 4.79 Å². The van der Waals surface area contributed by atoms with Crippen molar-refractivity contribution in [3.8, 4) is 0 Å². The SMILES string of the molecule is CC(C)C(=O)[B]C(C(C)C)C(C)C. The zero-order valence-corrected chi connectivity index (χ0v) is 9.79. The molecular formula is C11H22BO. The monoisotopic (exact) mass is 181 g/mol. The third-order valence-corrected chi connectivity index (χ3v) is 2.47. The van der Waals surface area contributed by atoms with Crippen LogP contribution in [0.4, 0.5) is 0 Å². The maximum atomic E-state index is 11.5. The highest BCUT2D eigenvalue weighted by molar-refractivity contribution is 6.75. The summed E-state index contributed by atoms with van der Waals surface area (Å²) in [5.74, 6) is 1.68. The minimum atomic E-state index is 0.139. The first-order valence-electron chi connectivity index (χ1n) is 5.25. The highest BCUT2D eigenvalue weighted by Gasteiger charge is 2.23. The van der Waals surface area contributed by atoms with E-state index in [1.54, 1.807) is 0 Å². The molecule has 0 N–H and O–H groups in total. The van der Waals surface area contributed by atoms with Gasteiger partial charge < -0.3 is 4.79 Å². The van der Waals surface area contributed by atoms with Crippen molar-refractivity contribution in [2.45, 2.75) is 47.4 Å². The Hall–Kier alpha value is -0.265. The van der Waals surface area contributed by atoms with Crippen LogP contribution in [0, 0.1) is 17.8 Å². The average Bonchev–Trinajstić information content (AvgIpc) is 1.97. The summed E-state index contributed by atoms with van der Waals surface area (Å²) in [7, 11) is 1.92. The number of hydrogen-bond donors (Lipinski definition) is 0. The Bertz CT molecular complexity index is 153. The molecule has 0 aliphatic heterocycles. The normalized spacial score (nSPS) is 11.8. The Morgan fingerprint density at radius 3 is 1.54 bits per heavy atom. The van der Waals surface area contributed by atoms with Gasteiger partial charge in [0.25, 0.3) is 0 Å². The third kappa shape index (κ3) is 4.49. The smallest absolute Gasteiger partial charge is 0.206 e. The Morgan fingerprint density at radius 1 is 0.923 bits per heavy atom. The summed E-state index contributed by atoms with van der Waals surface area (Å²) in [5.41, 5.74) is 0.285. The highest BCUT2D eigenvalue weighted by Crippen LogP contribution is 2.26. The fraction of sp³-hybridized carbons (Fsp3) is 0.909. The molecule has 0 aromatic heterocycles. The first-order chi connectivity index (χ1) is 5.86. The summed E-state index contributed by atoms with van der Waals surface area (Å²) in [6.07, 6.45) is 0. The van der Waals surface area contributed by atoms with E-state index < -0.39 is 0 Å². The Labute approximate surface area is 83.5 Å². The van der Waals surface area contributed by atoms with E-state index in [1.165, 1.54) is 0 Å². The van der Waals surface area contributed by atoms with Crippen molar-refractivity contribution in [1.29, 1.82) is 0 Å². The molecule has 0 rings (SSSR count). The molecule has 0 amide bonds. The van der Waals surface area contributed by atoms with Crippen molar-refractivity contribution in [1.82, 2.24) is 0 Å². The van der Waals surface area contributed by atoms with Crippen molar-refractivity contribution in [2.24, 2.45) is 17.8 Å². The van der Waals surface area contributed by atoms with Crippen molar-refractivity contribution in [2.75, 3.05) is 0 Å². The van der Waals surface area contributed by atoms with Gasteiger partial charge in [0, 0.05) is 5.92 Å². The molecule has 0 aromatic rings. The lowest BCUT2D eigenvalue weighted by Gasteiger charge is -2.23. The lowest BCUT2D eigenvalue weighted by molar-refractivity contribution is -0.114. The molecule has 0 aliphatic rings. The molecule has 0 heterocycles. The molecule has 2 heteroatoms. The van der Waals surface area contributed by atoms with Crippen LogP contribution in [0.15, 0.2) is 0 Å². The molecule has 0 bridgehead atoms. The molecule has 75 valence electrons. The van der Waals surface area contributed by atoms with Crippen LogP contribution >= 0.6 is 0 Å². The molecule has 0 spiro atoms. The summed E-state index contributed by atoms with van der Waals surface area (Å²) in [6, 6.07) is 0. The predicted molar refractivity (Wildman–Crippen MR) is 59.0 cm³/mol. The fourth-order valence-corrected chi connectivity index (χ4v) is 1.54. The zero-order valence-electron chi connectivity index (χ0n) is 9.79. The highest BCUT2D eigenvalue weighted by atomic mass is 16.1. The van der Waals surface area contributed by atoms with E-state index in [0.29, 0.717) is 17.7 Å². The van der Waals surface area contributed by atoms with E-state index in [-0.39, 0.29) is 11.6 Å². The van der Waals surface area contributed by atoms with Gasteiger partial charge in [0.15, 0.2) is 0 Å². The molecule has 0 aromatic carbocycles. The maximum Gasteiger partial charge on any atom is 0.206 e. The van der Waals surface area contributed by atoms with E-state index in [9.17, 15) is 4.79 Å². The van der Waals surface area contributed by atoms with Crippen LogP contribution in [0.25, 0.3) is 0 Å². The van der Waals surface area contributed by atoms with E-state index >= 15 is 0 Å². The molecule has 0 saturated carbocycles. The Kier molecular flexibility index (Phi) is 5.35. The van der Waals surface area contributed by atoms with Gasteiger partial charge in [-0.25, -0.2) is 0 Å². The van der Waals surface area contributed by atoms with Crippen LogP contribution in [0.5, 0.6) is 0 Å². The molecule has 1 nitrogen and oxygen atoms in total. The zero-order chi connectivity index (χ0) is 10.6. The van der Waals surface area contributed by atoms with E-state index in [0.717, 1.165) is 0 Å². The van der Waals surface area contributed by atoms with Gasteiger partial charge in [-0.15, -0.1) is 0 Å². The summed E-state index contributed by atoms with van der Waals surface area (Å²) in [6.45, 7) is 12.6. The molecule has 13 heavy (non-hydrogen) atoms. The largest absolute Gasteiger partial charge is 0.312 e. The second kappa shape index (κ2) is 5.46. The standard InChI is InChI=1S/C11H22BO/c1-7(2)10(8(3)4)12-11(13)9(5)6/h7-10H,1-6H3. The van der Waals surface area contributed by atoms with Crippen molar-refractivity contribution in [3.05, 3.63) is 0 Å². The predicted octanol–water partition coefficient (Wildman–Crippen LogP) is 2.97. The van der Waals surface area contributed by atoms with Crippen LogP contribution < -0.4 is 0 Å². The molecule has 0 fully saturated rings. The van der Waals surface area contributed by atoms with Crippen molar-refractivity contribution in [3.63, 3.8) is 0 Å². The summed E-state index contributed by atoms with van der Waals surface area (Å²) < 4.78 is 0. The van der Waals surface area contributed by atoms with Gasteiger partial charge in [0.2, 0.25) is 7.28 Å². The Morgan fingerprint density at radius 2 is 1.31 bits per heavy atom. The van der Waals surface area contributed by atoms with Gasteiger partial charge in [-0.1, -0.05) is 59.2 Å². The number of rotatable bonds is 5. The summed E-state index contributed by atoms with van der Waals surface area (Å²) in [4.78, 5) is 11.5. The molecular weight excluding hydrogens is 159 g/mol. The lowest BCUT2D eigenvalue weighted by atomic mass is 9.51. The molecule has 0 saturated heterocycles. The van der Waals surface area contributed by atoms with Crippen molar-refractivity contribution >= 4 is 13.0 Å². The van der Waals surface area contributed by atoms with Crippen molar-refractivity contribution < 1.29 is 4.79 Å². The molecule has 1 radical (unpaired) electrons. The fourth-order valence-electron chi connectivity index (χ4n) is 1.54. The van der Waals surface area contributed by atoms with Gasteiger partial charge in [0.05, 0.1) is 5.68 Å². The van der Waals surface area contributed by atoms with E-state index in [2.05, 4.69) is 27.7 Å². The molecule has 0 unspecified atom stereocenters. The topological polar surface area (TPSA) is 17.1 Å². The first-order valence-corrected chi connectivity index (χ1v) is 5.25. The lowest BCUT2D eigenvalue weighted by Crippen LogP contribution is -2.26. The first kappa shape index (κ1) is 12.7. The van der Waals surface area contributed by atoms with Crippen LogP contribution in [-0.4, -0.2) is 13.0 Å². The maximum absolute atomic E-state index is 11.5. The third-order valence-electron chi connectivity index (χ3n) is 2.47.